The highest BCUT2D eigenvalue weighted by molar-refractivity contribution is 7.11. The predicted octanol–water partition coefficient (Wildman–Crippen LogP) is 1.59. The Morgan fingerprint density at radius 1 is 1.48 bits per heavy atom. The van der Waals surface area contributed by atoms with E-state index in [1.54, 1.807) is 18.4 Å². The normalized spacial score (nSPS) is 17.9. The Hall–Kier alpha value is -1.96. The Labute approximate surface area is 140 Å². The molecule has 3 heterocycles. The molecule has 3 rings (SSSR count). The van der Waals surface area contributed by atoms with Crippen molar-refractivity contribution in [2.45, 2.75) is 45.7 Å². The van der Waals surface area contributed by atoms with Gasteiger partial charge >= 0.3 is 0 Å². The van der Waals surface area contributed by atoms with Crippen molar-refractivity contribution in [1.82, 2.24) is 30.4 Å². The van der Waals surface area contributed by atoms with E-state index in [0.29, 0.717) is 0 Å². The highest BCUT2D eigenvalue weighted by atomic mass is 32.1. The molecule has 0 bridgehead atoms. The molecule has 1 atom stereocenters. The van der Waals surface area contributed by atoms with Crippen LogP contribution >= 0.6 is 11.3 Å². The largest absolute Gasteiger partial charge is 0.356 e. The number of aryl methyl sites for hydroxylation is 3. The SMILES string of the molecule is CN=C(NCCc1ncc(C)s1)NC1CCCn2nc(C)nc21. The fourth-order valence-electron chi connectivity index (χ4n) is 2.77. The third-order valence-electron chi connectivity index (χ3n) is 3.82. The smallest absolute Gasteiger partial charge is 0.191 e. The molecular formula is C15H23N7S. The van der Waals surface area contributed by atoms with Crippen molar-refractivity contribution < 1.29 is 0 Å². The second kappa shape index (κ2) is 7.08. The van der Waals surface area contributed by atoms with Crippen LogP contribution in [-0.4, -0.2) is 39.3 Å². The number of thiazole rings is 1. The fraction of sp³-hybridized carbons (Fsp3) is 0.600. The van der Waals surface area contributed by atoms with Crippen LogP contribution in [0.2, 0.25) is 0 Å². The molecular weight excluding hydrogens is 310 g/mol. The highest BCUT2D eigenvalue weighted by Gasteiger charge is 2.24. The van der Waals surface area contributed by atoms with Crippen molar-refractivity contribution in [3.05, 3.63) is 27.7 Å². The minimum Gasteiger partial charge on any atom is -0.356 e. The van der Waals surface area contributed by atoms with E-state index >= 15 is 0 Å². The molecule has 23 heavy (non-hydrogen) atoms. The molecule has 0 aromatic carbocycles. The predicted molar refractivity (Wildman–Crippen MR) is 91.8 cm³/mol. The fourth-order valence-corrected chi connectivity index (χ4v) is 3.56. The second-order valence-electron chi connectivity index (χ2n) is 5.69. The molecule has 1 aliphatic rings. The van der Waals surface area contributed by atoms with Crippen LogP contribution in [0.25, 0.3) is 0 Å². The minimum absolute atomic E-state index is 0.165. The zero-order valence-corrected chi connectivity index (χ0v) is 14.7. The molecule has 2 aromatic rings. The molecule has 2 aromatic heterocycles. The Morgan fingerprint density at radius 2 is 2.35 bits per heavy atom. The van der Waals surface area contributed by atoms with E-state index in [1.807, 2.05) is 17.8 Å². The van der Waals surface area contributed by atoms with Crippen molar-refractivity contribution in [1.29, 1.82) is 0 Å². The summed E-state index contributed by atoms with van der Waals surface area (Å²) >= 11 is 1.74. The van der Waals surface area contributed by atoms with Crippen molar-refractivity contribution >= 4 is 17.3 Å². The third-order valence-corrected chi connectivity index (χ3v) is 4.79. The van der Waals surface area contributed by atoms with E-state index in [4.69, 9.17) is 0 Å². The van der Waals surface area contributed by atoms with Gasteiger partial charge in [0.1, 0.15) is 11.6 Å². The van der Waals surface area contributed by atoms with Gasteiger partial charge in [0.05, 0.1) is 11.0 Å². The summed E-state index contributed by atoms with van der Waals surface area (Å²) in [7, 11) is 1.79. The lowest BCUT2D eigenvalue weighted by Gasteiger charge is -2.24. The standard InChI is InChI=1S/C15H23N7S/c1-10-9-18-13(23-10)6-7-17-15(16-3)20-12-5-4-8-22-14(12)19-11(2)21-22/h9,12H,4-8H2,1-3H3,(H2,16,17,20). The van der Waals surface area contributed by atoms with Crippen molar-refractivity contribution in [3.8, 4) is 0 Å². The van der Waals surface area contributed by atoms with Gasteiger partial charge in [-0.2, -0.15) is 5.10 Å². The molecule has 7 nitrogen and oxygen atoms in total. The topological polar surface area (TPSA) is 80.0 Å². The van der Waals surface area contributed by atoms with Gasteiger partial charge in [-0.15, -0.1) is 11.3 Å². The summed E-state index contributed by atoms with van der Waals surface area (Å²) in [6.07, 6.45) is 4.97. The highest BCUT2D eigenvalue weighted by Crippen LogP contribution is 2.22. The molecule has 2 N–H and O–H groups in total. The quantitative estimate of drug-likeness (QED) is 0.656. The zero-order chi connectivity index (χ0) is 16.2. The lowest BCUT2D eigenvalue weighted by atomic mass is 10.1. The molecule has 1 aliphatic heterocycles. The van der Waals surface area contributed by atoms with Crippen LogP contribution in [-0.2, 0) is 13.0 Å². The third kappa shape index (κ3) is 3.87. The maximum Gasteiger partial charge on any atom is 0.191 e. The van der Waals surface area contributed by atoms with Gasteiger partial charge in [0.15, 0.2) is 5.96 Å². The van der Waals surface area contributed by atoms with Crippen LogP contribution in [0.3, 0.4) is 0 Å². The van der Waals surface area contributed by atoms with Gasteiger partial charge in [0, 0.05) is 37.6 Å². The first-order valence-electron chi connectivity index (χ1n) is 7.95. The number of fused-ring (bicyclic) bond motifs is 1. The van der Waals surface area contributed by atoms with Crippen LogP contribution in [0.1, 0.15) is 40.4 Å². The lowest BCUT2D eigenvalue weighted by Crippen LogP contribution is -2.42. The van der Waals surface area contributed by atoms with Crippen LogP contribution in [0.15, 0.2) is 11.2 Å². The molecule has 0 fully saturated rings. The molecule has 1 unspecified atom stereocenters. The van der Waals surface area contributed by atoms with Gasteiger partial charge in [-0.3, -0.25) is 4.99 Å². The Bertz CT molecular complexity index is 688. The van der Waals surface area contributed by atoms with Crippen LogP contribution in [0, 0.1) is 13.8 Å². The average Bonchev–Trinajstić information content (AvgIpc) is 3.11. The van der Waals surface area contributed by atoms with E-state index in [1.165, 1.54) is 4.88 Å². The zero-order valence-electron chi connectivity index (χ0n) is 13.8. The van der Waals surface area contributed by atoms with Crippen LogP contribution < -0.4 is 10.6 Å². The summed E-state index contributed by atoms with van der Waals surface area (Å²) in [6, 6.07) is 0.165. The van der Waals surface area contributed by atoms with E-state index in [0.717, 1.165) is 55.0 Å². The number of rotatable bonds is 4. The summed E-state index contributed by atoms with van der Waals surface area (Å²) in [4.78, 5) is 14.5. The van der Waals surface area contributed by atoms with E-state index in [9.17, 15) is 0 Å². The molecule has 0 saturated heterocycles. The maximum atomic E-state index is 4.55. The Balaban J connectivity index is 1.55. The first-order valence-corrected chi connectivity index (χ1v) is 8.77. The maximum absolute atomic E-state index is 4.55. The lowest BCUT2D eigenvalue weighted by molar-refractivity contribution is 0.398. The van der Waals surface area contributed by atoms with Gasteiger partial charge in [0.25, 0.3) is 0 Å². The Kier molecular flexibility index (Phi) is 4.90. The first kappa shape index (κ1) is 15.9. The molecule has 0 spiro atoms. The number of hydrogen-bond acceptors (Lipinski definition) is 5. The van der Waals surface area contributed by atoms with Crippen molar-refractivity contribution in [2.24, 2.45) is 4.99 Å². The van der Waals surface area contributed by atoms with Gasteiger partial charge in [-0.1, -0.05) is 0 Å². The molecule has 0 radical (unpaired) electrons. The minimum atomic E-state index is 0.165. The average molecular weight is 333 g/mol. The van der Waals surface area contributed by atoms with E-state index in [2.05, 4.69) is 37.6 Å². The number of nitrogens with zero attached hydrogens (tertiary/aromatic N) is 5. The van der Waals surface area contributed by atoms with Crippen molar-refractivity contribution in [3.63, 3.8) is 0 Å². The summed E-state index contributed by atoms with van der Waals surface area (Å²) in [5.41, 5.74) is 0. The summed E-state index contributed by atoms with van der Waals surface area (Å²) in [5.74, 6) is 2.64. The second-order valence-corrected chi connectivity index (χ2v) is 7.01. The van der Waals surface area contributed by atoms with Gasteiger partial charge in [-0.05, 0) is 26.7 Å². The van der Waals surface area contributed by atoms with E-state index < -0.39 is 0 Å². The van der Waals surface area contributed by atoms with Crippen LogP contribution in [0.4, 0.5) is 0 Å². The molecule has 8 heteroatoms. The monoisotopic (exact) mass is 333 g/mol. The van der Waals surface area contributed by atoms with Crippen LogP contribution in [0.5, 0.6) is 0 Å². The summed E-state index contributed by atoms with van der Waals surface area (Å²) in [5, 5.41) is 12.4. The van der Waals surface area contributed by atoms with Gasteiger partial charge in [-0.25, -0.2) is 14.6 Å². The number of aromatic nitrogens is 4. The van der Waals surface area contributed by atoms with E-state index in [-0.39, 0.29) is 6.04 Å². The van der Waals surface area contributed by atoms with Gasteiger partial charge in [0.2, 0.25) is 0 Å². The Morgan fingerprint density at radius 3 is 3.09 bits per heavy atom. The number of guanidine groups is 1. The van der Waals surface area contributed by atoms with Gasteiger partial charge < -0.3 is 10.6 Å². The molecule has 0 amide bonds. The number of nitrogens with one attached hydrogen (secondary N) is 2. The summed E-state index contributed by atoms with van der Waals surface area (Å²) in [6.45, 7) is 5.77. The molecule has 0 aliphatic carbocycles. The summed E-state index contributed by atoms with van der Waals surface area (Å²) < 4.78 is 2.00. The van der Waals surface area contributed by atoms with Crippen molar-refractivity contribution in [2.75, 3.05) is 13.6 Å². The first-order chi connectivity index (χ1) is 11.2. The number of aliphatic imine (C=N–C) groups is 1. The molecule has 124 valence electrons. The molecule has 0 saturated carbocycles. The number of hydrogen-bond donors (Lipinski definition) is 2.